The Labute approximate surface area is 115 Å². The summed E-state index contributed by atoms with van der Waals surface area (Å²) in [5.74, 6) is 1.72. The summed E-state index contributed by atoms with van der Waals surface area (Å²) in [6, 6.07) is 2.68. The van der Waals surface area contributed by atoms with E-state index in [1.165, 1.54) is 30.4 Å². The number of pyridine rings is 1. The number of ether oxygens (including phenoxy) is 1. The van der Waals surface area contributed by atoms with E-state index in [2.05, 4.69) is 22.4 Å². The van der Waals surface area contributed by atoms with E-state index in [0.29, 0.717) is 6.04 Å². The second kappa shape index (κ2) is 5.33. The molecule has 1 N–H and O–H groups in total. The van der Waals surface area contributed by atoms with Crippen LogP contribution < -0.4 is 10.1 Å². The number of fused-ring (bicyclic) bond motifs is 1. The quantitative estimate of drug-likeness (QED) is 0.885. The van der Waals surface area contributed by atoms with Crippen molar-refractivity contribution in [3.63, 3.8) is 0 Å². The minimum absolute atomic E-state index is 0.560. The maximum atomic E-state index is 5.38. The SMILES string of the molecule is COc1cc(C2=C[C@H]3NCCC[C@H]3CC2)cnc1C. The summed E-state index contributed by atoms with van der Waals surface area (Å²) in [4.78, 5) is 4.44. The number of aryl methyl sites for hydroxylation is 1. The second-order valence-corrected chi connectivity index (χ2v) is 5.62. The fourth-order valence-electron chi connectivity index (χ4n) is 3.27. The summed E-state index contributed by atoms with van der Waals surface area (Å²) >= 11 is 0. The Bertz CT molecular complexity index is 496. The molecule has 0 amide bonds. The number of hydrogen-bond donors (Lipinski definition) is 1. The van der Waals surface area contributed by atoms with Crippen LogP contribution in [0.25, 0.3) is 5.57 Å². The molecule has 1 aliphatic heterocycles. The number of rotatable bonds is 2. The van der Waals surface area contributed by atoms with Crippen molar-refractivity contribution in [2.24, 2.45) is 5.92 Å². The minimum atomic E-state index is 0.560. The van der Waals surface area contributed by atoms with Gasteiger partial charge in [-0.1, -0.05) is 6.08 Å². The zero-order valence-corrected chi connectivity index (χ0v) is 11.8. The van der Waals surface area contributed by atoms with Crippen molar-refractivity contribution in [3.05, 3.63) is 29.6 Å². The van der Waals surface area contributed by atoms with E-state index >= 15 is 0 Å². The molecule has 2 heterocycles. The summed E-state index contributed by atoms with van der Waals surface area (Å²) < 4.78 is 5.38. The number of hydrogen-bond acceptors (Lipinski definition) is 3. The van der Waals surface area contributed by atoms with Gasteiger partial charge in [0.1, 0.15) is 5.75 Å². The van der Waals surface area contributed by atoms with Gasteiger partial charge >= 0.3 is 0 Å². The highest BCUT2D eigenvalue weighted by atomic mass is 16.5. The van der Waals surface area contributed by atoms with Gasteiger partial charge in [-0.15, -0.1) is 0 Å². The van der Waals surface area contributed by atoms with Crippen LogP contribution in [-0.4, -0.2) is 24.7 Å². The van der Waals surface area contributed by atoms with E-state index in [0.717, 1.165) is 30.3 Å². The Balaban J connectivity index is 1.87. The van der Waals surface area contributed by atoms with Gasteiger partial charge in [0.25, 0.3) is 0 Å². The van der Waals surface area contributed by atoms with Crippen molar-refractivity contribution in [3.8, 4) is 5.75 Å². The molecule has 2 atom stereocenters. The van der Waals surface area contributed by atoms with Crippen molar-refractivity contribution in [2.45, 2.75) is 38.6 Å². The zero-order valence-electron chi connectivity index (χ0n) is 11.8. The molecule has 102 valence electrons. The molecule has 1 saturated heterocycles. The number of piperidine rings is 1. The first-order valence-electron chi connectivity index (χ1n) is 7.23. The summed E-state index contributed by atoms with van der Waals surface area (Å²) in [7, 11) is 1.71. The highest BCUT2D eigenvalue weighted by Crippen LogP contribution is 2.35. The highest BCUT2D eigenvalue weighted by molar-refractivity contribution is 5.67. The average molecular weight is 258 g/mol. The maximum absolute atomic E-state index is 5.38. The number of allylic oxidation sites excluding steroid dienone is 1. The fraction of sp³-hybridized carbons (Fsp3) is 0.562. The first kappa shape index (κ1) is 12.7. The summed E-state index contributed by atoms with van der Waals surface area (Å²) in [6.45, 7) is 3.14. The van der Waals surface area contributed by atoms with Gasteiger partial charge in [0.05, 0.1) is 12.8 Å². The summed E-state index contributed by atoms with van der Waals surface area (Å²) in [6.07, 6.45) is 9.55. The van der Waals surface area contributed by atoms with Gasteiger partial charge in [-0.2, -0.15) is 0 Å². The largest absolute Gasteiger partial charge is 0.495 e. The number of nitrogens with one attached hydrogen (secondary N) is 1. The molecule has 1 aliphatic carbocycles. The number of nitrogens with zero attached hydrogens (tertiary/aromatic N) is 1. The Morgan fingerprint density at radius 1 is 1.37 bits per heavy atom. The Kier molecular flexibility index (Phi) is 3.56. The topological polar surface area (TPSA) is 34.1 Å². The molecule has 1 aromatic heterocycles. The molecule has 1 aromatic rings. The zero-order chi connectivity index (χ0) is 13.2. The van der Waals surface area contributed by atoms with Gasteiger partial charge in [-0.3, -0.25) is 4.98 Å². The normalized spacial score (nSPS) is 26.5. The van der Waals surface area contributed by atoms with Crippen LogP contribution in [0.3, 0.4) is 0 Å². The molecule has 0 bridgehead atoms. The van der Waals surface area contributed by atoms with Crippen molar-refractivity contribution in [1.82, 2.24) is 10.3 Å². The molecule has 1 fully saturated rings. The molecule has 19 heavy (non-hydrogen) atoms. The third kappa shape index (κ3) is 2.52. The Morgan fingerprint density at radius 3 is 3.11 bits per heavy atom. The molecule has 0 aromatic carbocycles. The van der Waals surface area contributed by atoms with Gasteiger partial charge in [-0.05, 0) is 62.3 Å². The third-order valence-corrected chi connectivity index (χ3v) is 4.44. The van der Waals surface area contributed by atoms with Gasteiger partial charge in [0, 0.05) is 12.2 Å². The van der Waals surface area contributed by atoms with Crippen LogP contribution >= 0.6 is 0 Å². The number of methoxy groups -OCH3 is 1. The van der Waals surface area contributed by atoms with Crippen molar-refractivity contribution in [1.29, 1.82) is 0 Å². The van der Waals surface area contributed by atoms with Gasteiger partial charge in [-0.25, -0.2) is 0 Å². The first-order valence-corrected chi connectivity index (χ1v) is 7.23. The third-order valence-electron chi connectivity index (χ3n) is 4.44. The van der Waals surface area contributed by atoms with E-state index < -0.39 is 0 Å². The molecule has 0 spiro atoms. The fourth-order valence-corrected chi connectivity index (χ4v) is 3.27. The van der Waals surface area contributed by atoms with Crippen molar-refractivity contribution < 1.29 is 4.74 Å². The average Bonchev–Trinajstić information content (AvgIpc) is 2.47. The van der Waals surface area contributed by atoms with Crippen LogP contribution in [0.5, 0.6) is 5.75 Å². The Hall–Kier alpha value is -1.35. The predicted molar refractivity (Wildman–Crippen MR) is 77.3 cm³/mol. The van der Waals surface area contributed by atoms with Gasteiger partial charge < -0.3 is 10.1 Å². The van der Waals surface area contributed by atoms with Gasteiger partial charge in [0.2, 0.25) is 0 Å². The van der Waals surface area contributed by atoms with Crippen molar-refractivity contribution >= 4 is 5.57 Å². The van der Waals surface area contributed by atoms with Crippen LogP contribution in [0.2, 0.25) is 0 Å². The lowest BCUT2D eigenvalue weighted by Gasteiger charge is -2.35. The monoisotopic (exact) mass is 258 g/mol. The van der Waals surface area contributed by atoms with E-state index in [-0.39, 0.29) is 0 Å². The minimum Gasteiger partial charge on any atom is -0.495 e. The summed E-state index contributed by atoms with van der Waals surface area (Å²) in [5, 5.41) is 3.63. The number of aromatic nitrogens is 1. The molecular formula is C16H22N2O. The molecular weight excluding hydrogens is 236 g/mol. The highest BCUT2D eigenvalue weighted by Gasteiger charge is 2.27. The molecule has 0 saturated carbocycles. The Morgan fingerprint density at radius 2 is 2.26 bits per heavy atom. The predicted octanol–water partition coefficient (Wildman–Crippen LogP) is 2.94. The second-order valence-electron chi connectivity index (χ2n) is 5.62. The van der Waals surface area contributed by atoms with Crippen LogP contribution in [-0.2, 0) is 0 Å². The van der Waals surface area contributed by atoms with E-state index in [4.69, 9.17) is 4.74 Å². The lowest BCUT2D eigenvalue weighted by atomic mass is 9.79. The van der Waals surface area contributed by atoms with E-state index in [1.807, 2.05) is 13.1 Å². The molecule has 0 radical (unpaired) electrons. The van der Waals surface area contributed by atoms with E-state index in [1.54, 1.807) is 7.11 Å². The van der Waals surface area contributed by atoms with E-state index in [9.17, 15) is 0 Å². The van der Waals surface area contributed by atoms with Crippen LogP contribution in [0.1, 0.15) is 36.9 Å². The molecule has 3 heteroatoms. The molecule has 2 aliphatic rings. The molecule has 3 nitrogen and oxygen atoms in total. The smallest absolute Gasteiger partial charge is 0.140 e. The molecule has 0 unspecified atom stereocenters. The standard InChI is InChI=1S/C16H22N2O/c1-11-16(19-2)9-14(10-18-11)13-6-5-12-4-3-7-17-15(12)8-13/h8-10,12,15,17H,3-7H2,1-2H3/t12-,15+/m0/s1. The van der Waals surface area contributed by atoms with Gasteiger partial charge in [0.15, 0.2) is 0 Å². The lowest BCUT2D eigenvalue weighted by molar-refractivity contribution is 0.298. The lowest BCUT2D eigenvalue weighted by Crippen LogP contribution is -2.41. The molecule has 3 rings (SSSR count). The van der Waals surface area contributed by atoms with Crippen LogP contribution in [0.4, 0.5) is 0 Å². The van der Waals surface area contributed by atoms with Crippen LogP contribution in [0.15, 0.2) is 18.3 Å². The van der Waals surface area contributed by atoms with Crippen molar-refractivity contribution in [2.75, 3.05) is 13.7 Å². The first-order chi connectivity index (χ1) is 9.28. The van der Waals surface area contributed by atoms with Crippen LogP contribution in [0, 0.1) is 12.8 Å². The summed E-state index contributed by atoms with van der Waals surface area (Å²) in [5.41, 5.74) is 3.59. The maximum Gasteiger partial charge on any atom is 0.140 e.